The van der Waals surface area contributed by atoms with Gasteiger partial charge >= 0.3 is 0 Å². The van der Waals surface area contributed by atoms with Crippen LogP contribution in [0.5, 0.6) is 0 Å². The summed E-state index contributed by atoms with van der Waals surface area (Å²) in [6.07, 6.45) is 74.0. The van der Waals surface area contributed by atoms with Crippen LogP contribution in [-0.4, -0.2) is 140 Å². The highest BCUT2D eigenvalue weighted by Crippen LogP contribution is 2.30. The zero-order valence-corrected chi connectivity index (χ0v) is 63.6. The number of carbonyl (C=O) groups excluding carboxylic acids is 1. The van der Waals surface area contributed by atoms with E-state index < -0.39 is 86.8 Å². The second-order valence-corrected chi connectivity index (χ2v) is 30.0. The van der Waals surface area contributed by atoms with Gasteiger partial charge in [-0.15, -0.1) is 0 Å². The fourth-order valence-electron chi connectivity index (χ4n) is 14.1. The van der Waals surface area contributed by atoms with Crippen molar-refractivity contribution in [3.63, 3.8) is 0 Å². The van der Waals surface area contributed by atoms with Gasteiger partial charge in [-0.3, -0.25) is 4.79 Å². The van der Waals surface area contributed by atoms with E-state index in [2.05, 4.69) is 43.5 Å². The van der Waals surface area contributed by atoms with E-state index in [9.17, 15) is 45.6 Å². The molecule has 14 nitrogen and oxygen atoms in total. The number of carbonyl (C=O) groups is 1. The Morgan fingerprint density at radius 2 is 0.653 bits per heavy atom. The van der Waals surface area contributed by atoms with E-state index in [1.54, 1.807) is 6.08 Å². The lowest BCUT2D eigenvalue weighted by Gasteiger charge is -2.46. The van der Waals surface area contributed by atoms with Gasteiger partial charge in [0.25, 0.3) is 0 Å². The highest BCUT2D eigenvalue weighted by molar-refractivity contribution is 5.76. The van der Waals surface area contributed by atoms with Gasteiger partial charge in [0.2, 0.25) is 5.91 Å². The Labute approximate surface area is 601 Å². The zero-order valence-electron chi connectivity index (χ0n) is 63.6. The van der Waals surface area contributed by atoms with Crippen LogP contribution in [0.25, 0.3) is 0 Å². The van der Waals surface area contributed by atoms with Crippen LogP contribution in [0.15, 0.2) is 36.5 Å². The van der Waals surface area contributed by atoms with Gasteiger partial charge in [-0.1, -0.05) is 371 Å². The quantitative estimate of drug-likeness (QED) is 0.0204. The summed E-state index contributed by atoms with van der Waals surface area (Å²) in [5, 5.41) is 87.7. The van der Waals surface area contributed by atoms with Gasteiger partial charge in [0.1, 0.15) is 48.8 Å². The third-order valence-corrected chi connectivity index (χ3v) is 20.8. The molecule has 1 amide bonds. The van der Waals surface area contributed by atoms with E-state index >= 15 is 0 Å². The zero-order chi connectivity index (χ0) is 70.8. The largest absolute Gasteiger partial charge is 0.394 e. The fraction of sp³-hybridized carbons (Fsp3) is 0.917. The summed E-state index contributed by atoms with van der Waals surface area (Å²) < 4.78 is 22.9. The third kappa shape index (κ3) is 50.6. The number of unbranched alkanes of at least 4 members (excludes halogenated alkanes) is 55. The number of rotatable bonds is 72. The van der Waals surface area contributed by atoms with Crippen molar-refractivity contribution in [1.82, 2.24) is 5.32 Å². The van der Waals surface area contributed by atoms with Crippen LogP contribution in [0.3, 0.4) is 0 Å². The Kier molecular flexibility index (Phi) is 64.3. The van der Waals surface area contributed by atoms with Crippen LogP contribution in [0.1, 0.15) is 399 Å². The molecule has 2 saturated heterocycles. The van der Waals surface area contributed by atoms with E-state index in [0.29, 0.717) is 12.8 Å². The molecule has 0 aromatic rings. The molecule has 2 aliphatic heterocycles. The number of aliphatic hydroxyl groups excluding tert-OH is 8. The predicted molar refractivity (Wildman–Crippen MR) is 406 cm³/mol. The molecule has 14 heteroatoms. The molecule has 2 aliphatic rings. The number of allylic oxidation sites excluding steroid dienone is 5. The molecule has 0 aromatic heterocycles. The molecule has 12 unspecified atom stereocenters. The molecule has 0 saturated carbocycles. The molecule has 12 atom stereocenters. The van der Waals surface area contributed by atoms with Gasteiger partial charge in [0.15, 0.2) is 12.6 Å². The smallest absolute Gasteiger partial charge is 0.220 e. The number of amides is 1. The van der Waals surface area contributed by atoms with Crippen molar-refractivity contribution in [3.05, 3.63) is 36.5 Å². The first kappa shape index (κ1) is 92.3. The van der Waals surface area contributed by atoms with Crippen LogP contribution >= 0.6 is 0 Å². The Balaban J connectivity index is 1.57. The van der Waals surface area contributed by atoms with Crippen molar-refractivity contribution in [1.29, 1.82) is 0 Å². The molecular formula is C84H159NO13. The summed E-state index contributed by atoms with van der Waals surface area (Å²) in [7, 11) is 0. The van der Waals surface area contributed by atoms with Crippen molar-refractivity contribution in [2.45, 2.75) is 473 Å². The normalized spacial score (nSPS) is 22.1. The molecule has 0 aromatic carbocycles. The lowest BCUT2D eigenvalue weighted by molar-refractivity contribution is -0.359. The Morgan fingerprint density at radius 1 is 0.357 bits per heavy atom. The highest BCUT2D eigenvalue weighted by Gasteiger charge is 2.51. The van der Waals surface area contributed by atoms with Gasteiger partial charge < -0.3 is 65.1 Å². The summed E-state index contributed by atoms with van der Waals surface area (Å²) in [5.74, 6) is -0.240. The highest BCUT2D eigenvalue weighted by atomic mass is 16.7. The predicted octanol–water partition coefficient (Wildman–Crippen LogP) is 19.6. The molecule has 9 N–H and O–H groups in total. The molecule has 578 valence electrons. The van der Waals surface area contributed by atoms with Crippen LogP contribution in [0.2, 0.25) is 0 Å². The van der Waals surface area contributed by atoms with E-state index in [1.165, 1.54) is 334 Å². The maximum absolute atomic E-state index is 13.4. The Bertz CT molecular complexity index is 1780. The van der Waals surface area contributed by atoms with Crippen molar-refractivity contribution in [2.75, 3.05) is 19.8 Å². The molecule has 0 aliphatic carbocycles. The average Bonchev–Trinajstić information content (AvgIpc) is 0.793. The summed E-state index contributed by atoms with van der Waals surface area (Å²) in [4.78, 5) is 13.4. The topological polar surface area (TPSA) is 228 Å². The van der Waals surface area contributed by atoms with Gasteiger partial charge in [-0.25, -0.2) is 0 Å². The van der Waals surface area contributed by atoms with Crippen LogP contribution in [0, 0.1) is 0 Å². The molecule has 0 radical (unpaired) electrons. The summed E-state index contributed by atoms with van der Waals surface area (Å²) in [6, 6.07) is -0.931. The monoisotopic (exact) mass is 1390 g/mol. The number of nitrogens with one attached hydrogen (secondary N) is 1. The van der Waals surface area contributed by atoms with Crippen molar-refractivity contribution < 1.29 is 64.6 Å². The number of aliphatic hydroxyl groups is 8. The Morgan fingerprint density at radius 3 is 1.00 bits per heavy atom. The Hall–Kier alpha value is -1.79. The van der Waals surface area contributed by atoms with Crippen molar-refractivity contribution >= 4 is 5.91 Å². The fourth-order valence-corrected chi connectivity index (χ4v) is 14.1. The lowest BCUT2D eigenvalue weighted by atomic mass is 9.97. The molecular weight excluding hydrogens is 1230 g/mol. The number of ether oxygens (including phenoxy) is 4. The summed E-state index contributed by atoms with van der Waals surface area (Å²) in [6.45, 7) is 2.85. The first-order valence-corrected chi connectivity index (χ1v) is 42.2. The molecule has 98 heavy (non-hydrogen) atoms. The van der Waals surface area contributed by atoms with E-state index in [4.69, 9.17) is 18.9 Å². The first-order chi connectivity index (χ1) is 48.1. The van der Waals surface area contributed by atoms with Crippen molar-refractivity contribution in [3.8, 4) is 0 Å². The summed E-state index contributed by atoms with van der Waals surface area (Å²) >= 11 is 0. The minimum Gasteiger partial charge on any atom is -0.394 e. The second-order valence-electron chi connectivity index (χ2n) is 30.0. The van der Waals surface area contributed by atoms with Crippen LogP contribution in [-0.2, 0) is 23.7 Å². The minimum atomic E-state index is -1.79. The van der Waals surface area contributed by atoms with E-state index in [-0.39, 0.29) is 18.9 Å². The van der Waals surface area contributed by atoms with Gasteiger partial charge in [-0.2, -0.15) is 0 Å². The van der Waals surface area contributed by atoms with Gasteiger partial charge in [-0.05, 0) is 57.8 Å². The van der Waals surface area contributed by atoms with Crippen LogP contribution < -0.4 is 5.32 Å². The van der Waals surface area contributed by atoms with Crippen LogP contribution in [0.4, 0.5) is 0 Å². The standard InChI is InChI=1S/C84H159NO13/c1-3-5-7-9-11-13-15-17-19-21-23-25-27-29-30-31-32-33-34-35-36-37-38-39-40-41-42-44-46-48-50-52-54-56-58-60-62-64-66-68-76(89)85-72(71-95-83-81(94)79(92)82(75(70-87)97-83)98-84-80(93)78(91)77(90)74(69-86)96-84)73(88)67-65-63-61-59-57-55-53-51-49-47-45-43-28-26-24-22-20-18-16-14-12-10-8-6-4-2/h21,23,57,59,65,67,72-75,77-84,86-88,90-94H,3-20,22,24-56,58,60-64,66,68-71H2,1-2H3,(H,85,89)/b23-21-,59-57+,67-65+. The van der Waals surface area contributed by atoms with Crippen molar-refractivity contribution in [2.24, 2.45) is 0 Å². The van der Waals surface area contributed by atoms with E-state index in [1.807, 2.05) is 6.08 Å². The second kappa shape index (κ2) is 68.3. The first-order valence-electron chi connectivity index (χ1n) is 42.2. The molecule has 2 heterocycles. The lowest BCUT2D eigenvalue weighted by Crippen LogP contribution is -2.65. The maximum atomic E-state index is 13.4. The SMILES string of the molecule is CCCCCCCCCC/C=C\CCCCCCCCCCCCCCCCCCCCCCCCCCCCCC(=O)NC(COC1OC(CO)C(OC2OC(CO)C(O)C(O)C2O)C(O)C1O)C(O)/C=C/CC/C=C/CCCCCCCCCCCCCCCCCCCCC. The molecule has 0 bridgehead atoms. The molecule has 0 spiro atoms. The van der Waals surface area contributed by atoms with Gasteiger partial charge in [0, 0.05) is 6.42 Å². The number of hydrogen-bond donors (Lipinski definition) is 9. The van der Waals surface area contributed by atoms with E-state index in [0.717, 1.165) is 32.1 Å². The third-order valence-electron chi connectivity index (χ3n) is 20.8. The maximum Gasteiger partial charge on any atom is 0.220 e. The van der Waals surface area contributed by atoms with Gasteiger partial charge in [0.05, 0.1) is 32.0 Å². The molecule has 2 fully saturated rings. The molecule has 2 rings (SSSR count). The summed E-state index contributed by atoms with van der Waals surface area (Å²) in [5.41, 5.74) is 0. The minimum absolute atomic E-state index is 0.240. The average molecular weight is 1390 g/mol. The number of hydrogen-bond acceptors (Lipinski definition) is 13.